The number of thiophene rings is 1. The number of fused-ring (bicyclic) bond motifs is 1. The number of nitrogens with one attached hydrogen (secondary N) is 1. The summed E-state index contributed by atoms with van der Waals surface area (Å²) < 4.78 is 2.14. The minimum absolute atomic E-state index is 0.469. The van der Waals surface area contributed by atoms with Crippen LogP contribution in [-0.4, -0.2) is 16.3 Å². The van der Waals surface area contributed by atoms with E-state index in [1.54, 1.807) is 11.3 Å². The van der Waals surface area contributed by atoms with Crippen LogP contribution in [0.4, 0.5) is 5.82 Å². The average Bonchev–Trinajstić information content (AvgIpc) is 3.17. The van der Waals surface area contributed by atoms with Crippen molar-refractivity contribution in [3.63, 3.8) is 0 Å². The third-order valence-corrected chi connectivity index (χ3v) is 5.39. The molecule has 3 aromatic rings. The van der Waals surface area contributed by atoms with Gasteiger partial charge < -0.3 is 5.32 Å². The third kappa shape index (κ3) is 2.65. The van der Waals surface area contributed by atoms with Gasteiger partial charge in [-0.15, -0.1) is 0 Å². The molecule has 0 unspecified atom stereocenters. The number of anilines is 1. The molecule has 0 saturated heterocycles. The molecule has 0 amide bonds. The van der Waals surface area contributed by atoms with Crippen molar-refractivity contribution in [2.45, 2.75) is 39.0 Å². The Balaban J connectivity index is 1.94. The summed E-state index contributed by atoms with van der Waals surface area (Å²) in [5.41, 5.74) is 6.27. The van der Waals surface area contributed by atoms with E-state index < -0.39 is 0 Å². The molecule has 3 nitrogen and oxygen atoms in total. The highest BCUT2D eigenvalue weighted by atomic mass is 32.1. The molecular formula is C20H23N3S. The molecule has 4 heteroatoms. The summed E-state index contributed by atoms with van der Waals surface area (Å²) in [6.07, 6.45) is 3.52. The standard InChI is InChI=1S/C20H23N3S/c1-14(2)16-7-3-4-9-18(16)23-20-17(8-5-6-11-21-20)19(22-23)15-10-12-24-13-15/h3-4,7,9-10,12-14,21H,5-6,8,11H2,1-2H3. The molecule has 0 saturated carbocycles. The van der Waals surface area contributed by atoms with Crippen LogP contribution in [0.1, 0.15) is 43.7 Å². The number of para-hydroxylation sites is 1. The van der Waals surface area contributed by atoms with E-state index in [2.05, 4.69) is 64.9 Å². The summed E-state index contributed by atoms with van der Waals surface area (Å²) in [5, 5.41) is 13.0. The Kier molecular flexibility index (Phi) is 4.15. The Labute approximate surface area is 147 Å². The number of aromatic nitrogens is 2. The number of rotatable bonds is 3. The molecule has 124 valence electrons. The van der Waals surface area contributed by atoms with Crippen molar-refractivity contribution in [2.75, 3.05) is 11.9 Å². The van der Waals surface area contributed by atoms with Crippen molar-refractivity contribution in [2.24, 2.45) is 0 Å². The molecule has 24 heavy (non-hydrogen) atoms. The zero-order valence-corrected chi connectivity index (χ0v) is 15.1. The maximum Gasteiger partial charge on any atom is 0.133 e. The summed E-state index contributed by atoms with van der Waals surface area (Å²) in [6, 6.07) is 10.8. The van der Waals surface area contributed by atoms with E-state index >= 15 is 0 Å². The van der Waals surface area contributed by atoms with Crippen LogP contribution in [0.3, 0.4) is 0 Å². The van der Waals surface area contributed by atoms with Gasteiger partial charge in [0.25, 0.3) is 0 Å². The smallest absolute Gasteiger partial charge is 0.133 e. The Bertz CT molecular complexity index is 831. The minimum atomic E-state index is 0.469. The predicted molar refractivity (Wildman–Crippen MR) is 102 cm³/mol. The Morgan fingerprint density at radius 2 is 2.04 bits per heavy atom. The number of nitrogens with zero attached hydrogens (tertiary/aromatic N) is 2. The van der Waals surface area contributed by atoms with Crippen molar-refractivity contribution >= 4 is 17.2 Å². The van der Waals surface area contributed by atoms with E-state index in [1.807, 2.05) is 0 Å². The molecule has 0 atom stereocenters. The monoisotopic (exact) mass is 337 g/mol. The maximum atomic E-state index is 5.05. The highest BCUT2D eigenvalue weighted by Crippen LogP contribution is 2.36. The summed E-state index contributed by atoms with van der Waals surface area (Å²) in [7, 11) is 0. The second kappa shape index (κ2) is 6.44. The van der Waals surface area contributed by atoms with Crippen molar-refractivity contribution in [3.05, 3.63) is 52.2 Å². The van der Waals surface area contributed by atoms with Gasteiger partial charge in [0.2, 0.25) is 0 Å². The summed E-state index contributed by atoms with van der Waals surface area (Å²) in [4.78, 5) is 0. The molecule has 0 bridgehead atoms. The lowest BCUT2D eigenvalue weighted by atomic mass is 10.0. The molecule has 1 aliphatic heterocycles. The fraction of sp³-hybridized carbons (Fsp3) is 0.350. The largest absolute Gasteiger partial charge is 0.370 e. The van der Waals surface area contributed by atoms with E-state index in [1.165, 1.54) is 41.0 Å². The van der Waals surface area contributed by atoms with Gasteiger partial charge in [0.05, 0.1) is 11.4 Å². The van der Waals surface area contributed by atoms with Crippen molar-refractivity contribution in [1.29, 1.82) is 0 Å². The lowest BCUT2D eigenvalue weighted by Gasteiger charge is -2.15. The highest BCUT2D eigenvalue weighted by molar-refractivity contribution is 7.08. The van der Waals surface area contributed by atoms with Gasteiger partial charge in [0.15, 0.2) is 0 Å². The summed E-state index contributed by atoms with van der Waals surface area (Å²) in [6.45, 7) is 5.51. The Morgan fingerprint density at radius 1 is 1.17 bits per heavy atom. The average molecular weight is 337 g/mol. The molecule has 3 heterocycles. The van der Waals surface area contributed by atoms with E-state index in [0.29, 0.717) is 5.92 Å². The van der Waals surface area contributed by atoms with Gasteiger partial charge >= 0.3 is 0 Å². The van der Waals surface area contributed by atoms with Crippen LogP contribution in [-0.2, 0) is 6.42 Å². The maximum absolute atomic E-state index is 5.05. The molecule has 2 aromatic heterocycles. The van der Waals surface area contributed by atoms with E-state index in [0.717, 1.165) is 18.7 Å². The molecule has 1 aliphatic rings. The molecule has 0 aliphatic carbocycles. The van der Waals surface area contributed by atoms with Gasteiger partial charge in [0.1, 0.15) is 5.82 Å². The first kappa shape index (κ1) is 15.5. The first-order valence-corrected chi connectivity index (χ1v) is 9.67. The Hall–Kier alpha value is -2.07. The second-order valence-corrected chi connectivity index (χ2v) is 7.48. The Morgan fingerprint density at radius 3 is 2.83 bits per heavy atom. The van der Waals surface area contributed by atoms with Crippen LogP contribution in [0.2, 0.25) is 0 Å². The second-order valence-electron chi connectivity index (χ2n) is 6.70. The minimum Gasteiger partial charge on any atom is -0.370 e. The van der Waals surface area contributed by atoms with Crippen LogP contribution in [0, 0.1) is 0 Å². The van der Waals surface area contributed by atoms with Gasteiger partial charge in [-0.1, -0.05) is 32.0 Å². The highest BCUT2D eigenvalue weighted by Gasteiger charge is 2.23. The molecule has 0 fully saturated rings. The van der Waals surface area contributed by atoms with Crippen molar-refractivity contribution < 1.29 is 0 Å². The molecule has 0 spiro atoms. The fourth-order valence-corrected chi connectivity index (χ4v) is 4.12. The van der Waals surface area contributed by atoms with Gasteiger partial charge in [-0.05, 0) is 48.3 Å². The number of benzene rings is 1. The lowest BCUT2D eigenvalue weighted by molar-refractivity contribution is 0.776. The van der Waals surface area contributed by atoms with Crippen molar-refractivity contribution in [1.82, 2.24) is 9.78 Å². The van der Waals surface area contributed by atoms with E-state index in [-0.39, 0.29) is 0 Å². The van der Waals surface area contributed by atoms with Crippen LogP contribution < -0.4 is 5.32 Å². The number of hydrogen-bond donors (Lipinski definition) is 1. The SMILES string of the molecule is CC(C)c1ccccc1-n1nc(-c2ccsc2)c2c1NCCCC2. The van der Waals surface area contributed by atoms with Crippen LogP contribution in [0.25, 0.3) is 16.9 Å². The summed E-state index contributed by atoms with van der Waals surface area (Å²) in [5.74, 6) is 1.65. The fourth-order valence-electron chi connectivity index (χ4n) is 3.48. The van der Waals surface area contributed by atoms with Gasteiger partial charge in [-0.25, -0.2) is 4.68 Å². The lowest BCUT2D eigenvalue weighted by Crippen LogP contribution is -2.09. The molecule has 0 radical (unpaired) electrons. The van der Waals surface area contributed by atoms with Crippen LogP contribution in [0.15, 0.2) is 41.1 Å². The summed E-state index contributed by atoms with van der Waals surface area (Å²) >= 11 is 1.73. The zero-order valence-electron chi connectivity index (χ0n) is 14.2. The first-order valence-electron chi connectivity index (χ1n) is 8.73. The molecular weight excluding hydrogens is 314 g/mol. The van der Waals surface area contributed by atoms with Crippen molar-refractivity contribution in [3.8, 4) is 16.9 Å². The van der Waals surface area contributed by atoms with Gasteiger partial charge in [-0.3, -0.25) is 0 Å². The van der Waals surface area contributed by atoms with E-state index in [4.69, 9.17) is 5.10 Å². The molecule has 4 rings (SSSR count). The molecule has 1 N–H and O–H groups in total. The van der Waals surface area contributed by atoms with Crippen LogP contribution in [0.5, 0.6) is 0 Å². The predicted octanol–water partition coefficient (Wildman–Crippen LogP) is 5.47. The first-order chi connectivity index (χ1) is 11.8. The normalized spacial score (nSPS) is 14.3. The quantitative estimate of drug-likeness (QED) is 0.686. The third-order valence-electron chi connectivity index (χ3n) is 4.71. The van der Waals surface area contributed by atoms with Gasteiger partial charge in [0, 0.05) is 23.1 Å². The number of hydrogen-bond acceptors (Lipinski definition) is 3. The zero-order chi connectivity index (χ0) is 16.5. The van der Waals surface area contributed by atoms with Crippen LogP contribution >= 0.6 is 11.3 Å². The van der Waals surface area contributed by atoms with Gasteiger partial charge in [-0.2, -0.15) is 16.4 Å². The topological polar surface area (TPSA) is 29.9 Å². The van der Waals surface area contributed by atoms with E-state index in [9.17, 15) is 0 Å². The molecule has 1 aromatic carbocycles.